The first-order chi connectivity index (χ1) is 10.6. The van der Waals surface area contributed by atoms with Gasteiger partial charge in [0.15, 0.2) is 0 Å². The van der Waals surface area contributed by atoms with Crippen molar-refractivity contribution in [3.05, 3.63) is 59.7 Å². The Labute approximate surface area is 135 Å². The Morgan fingerprint density at radius 1 is 0.818 bits per heavy atom. The third-order valence-corrected chi connectivity index (χ3v) is 5.52. The fraction of sp³-hybridized carbons (Fsp3) is 0.455. The predicted molar refractivity (Wildman–Crippen MR) is 96.3 cm³/mol. The van der Waals surface area contributed by atoms with Crippen LogP contribution in [0.25, 0.3) is 11.1 Å². The molecule has 2 aromatic rings. The number of hydrogen-bond acceptors (Lipinski definition) is 0. The molecule has 0 bridgehead atoms. The van der Waals surface area contributed by atoms with Crippen molar-refractivity contribution in [1.82, 2.24) is 0 Å². The summed E-state index contributed by atoms with van der Waals surface area (Å²) >= 11 is 0. The smallest absolute Gasteiger partial charge is 0.0102 e. The van der Waals surface area contributed by atoms with Crippen LogP contribution in [0.4, 0.5) is 0 Å². The Morgan fingerprint density at radius 2 is 1.36 bits per heavy atom. The molecule has 0 heterocycles. The van der Waals surface area contributed by atoms with Crippen molar-refractivity contribution in [2.24, 2.45) is 5.41 Å². The van der Waals surface area contributed by atoms with Crippen LogP contribution < -0.4 is 0 Å². The zero-order valence-corrected chi connectivity index (χ0v) is 14.2. The van der Waals surface area contributed by atoms with Crippen molar-refractivity contribution >= 4 is 0 Å². The number of benzene rings is 2. The molecular formula is C22H28. The monoisotopic (exact) mass is 292 g/mol. The molecule has 0 nitrogen and oxygen atoms in total. The summed E-state index contributed by atoms with van der Waals surface area (Å²) in [4.78, 5) is 0. The first kappa shape index (κ1) is 15.3. The molecular weight excluding hydrogens is 264 g/mol. The van der Waals surface area contributed by atoms with Crippen molar-refractivity contribution in [1.29, 1.82) is 0 Å². The molecule has 0 fully saturated rings. The van der Waals surface area contributed by atoms with E-state index in [2.05, 4.69) is 69.3 Å². The van der Waals surface area contributed by atoms with Crippen molar-refractivity contribution in [3.8, 4) is 11.1 Å². The standard InChI is InChI=1S/C22H28/c1-4-22(2,3)16-10-9-15-21-19-13-7-5-11-17(19)18-12-6-8-14-20(18)21/h5-8,11-14,21H,4,9-10,15-16H2,1-3H3. The van der Waals surface area contributed by atoms with Crippen LogP contribution in [-0.2, 0) is 0 Å². The van der Waals surface area contributed by atoms with Crippen molar-refractivity contribution in [2.75, 3.05) is 0 Å². The Kier molecular flexibility index (Phi) is 4.38. The third-order valence-electron chi connectivity index (χ3n) is 5.52. The van der Waals surface area contributed by atoms with Gasteiger partial charge in [-0.15, -0.1) is 0 Å². The summed E-state index contributed by atoms with van der Waals surface area (Å²) < 4.78 is 0. The van der Waals surface area contributed by atoms with E-state index in [1.54, 1.807) is 11.1 Å². The molecule has 0 aliphatic heterocycles. The van der Waals surface area contributed by atoms with Crippen LogP contribution in [0.1, 0.15) is 69.9 Å². The summed E-state index contributed by atoms with van der Waals surface area (Å²) in [6, 6.07) is 18.0. The Morgan fingerprint density at radius 3 is 1.91 bits per heavy atom. The number of rotatable bonds is 6. The van der Waals surface area contributed by atoms with Gasteiger partial charge in [-0.3, -0.25) is 0 Å². The van der Waals surface area contributed by atoms with Gasteiger partial charge in [0.1, 0.15) is 0 Å². The molecule has 0 heteroatoms. The zero-order valence-electron chi connectivity index (χ0n) is 14.2. The van der Waals surface area contributed by atoms with Crippen LogP contribution in [-0.4, -0.2) is 0 Å². The van der Waals surface area contributed by atoms with E-state index in [0.717, 1.165) is 0 Å². The SMILES string of the molecule is CCC(C)(C)CCCCC1c2ccccc2-c2ccccc21. The zero-order chi connectivity index (χ0) is 15.6. The van der Waals surface area contributed by atoms with Gasteiger partial charge in [-0.1, -0.05) is 88.6 Å². The van der Waals surface area contributed by atoms with E-state index >= 15 is 0 Å². The van der Waals surface area contributed by atoms with Crippen LogP contribution in [0.3, 0.4) is 0 Å². The molecule has 0 aromatic heterocycles. The highest BCUT2D eigenvalue weighted by molar-refractivity contribution is 5.78. The lowest BCUT2D eigenvalue weighted by Crippen LogP contribution is -2.09. The average Bonchev–Trinajstić information content (AvgIpc) is 2.86. The largest absolute Gasteiger partial charge is 0.0649 e. The Balaban J connectivity index is 1.72. The molecule has 0 unspecified atom stereocenters. The van der Waals surface area contributed by atoms with Gasteiger partial charge >= 0.3 is 0 Å². The lowest BCUT2D eigenvalue weighted by Gasteiger charge is -2.22. The fourth-order valence-electron chi connectivity index (χ4n) is 3.70. The van der Waals surface area contributed by atoms with Crippen LogP contribution in [0, 0.1) is 5.41 Å². The molecule has 1 aliphatic carbocycles. The number of hydrogen-bond donors (Lipinski definition) is 0. The van der Waals surface area contributed by atoms with Crippen LogP contribution in [0.5, 0.6) is 0 Å². The summed E-state index contributed by atoms with van der Waals surface area (Å²) in [5.41, 5.74) is 6.50. The molecule has 0 spiro atoms. The lowest BCUT2D eigenvalue weighted by molar-refractivity contribution is 0.307. The second-order valence-corrected chi connectivity index (χ2v) is 7.49. The minimum Gasteiger partial charge on any atom is -0.0649 e. The topological polar surface area (TPSA) is 0 Å². The summed E-state index contributed by atoms with van der Waals surface area (Å²) in [7, 11) is 0. The molecule has 0 saturated heterocycles. The summed E-state index contributed by atoms with van der Waals surface area (Å²) in [5, 5.41) is 0. The predicted octanol–water partition coefficient (Wildman–Crippen LogP) is 6.80. The molecule has 0 saturated carbocycles. The minimum absolute atomic E-state index is 0.505. The molecule has 22 heavy (non-hydrogen) atoms. The highest BCUT2D eigenvalue weighted by Gasteiger charge is 2.27. The van der Waals surface area contributed by atoms with Gasteiger partial charge in [-0.2, -0.15) is 0 Å². The molecule has 0 amide bonds. The minimum atomic E-state index is 0.505. The maximum Gasteiger partial charge on any atom is 0.0102 e. The summed E-state index contributed by atoms with van der Waals surface area (Å²) in [6.45, 7) is 7.10. The van der Waals surface area contributed by atoms with Crippen LogP contribution >= 0.6 is 0 Å². The van der Waals surface area contributed by atoms with Gasteiger partial charge in [-0.25, -0.2) is 0 Å². The second-order valence-electron chi connectivity index (χ2n) is 7.49. The Bertz CT molecular complexity index is 590. The highest BCUT2D eigenvalue weighted by atomic mass is 14.3. The molecule has 3 rings (SSSR count). The van der Waals surface area contributed by atoms with Gasteiger partial charge in [0.25, 0.3) is 0 Å². The summed E-state index contributed by atoms with van der Waals surface area (Å²) in [6.07, 6.45) is 6.59. The first-order valence-electron chi connectivity index (χ1n) is 8.80. The molecule has 1 aliphatic rings. The third kappa shape index (κ3) is 2.97. The maximum atomic E-state index is 2.40. The quantitative estimate of drug-likeness (QED) is 0.514. The normalized spacial score (nSPS) is 14.0. The second kappa shape index (κ2) is 6.28. The van der Waals surface area contributed by atoms with E-state index < -0.39 is 0 Å². The van der Waals surface area contributed by atoms with Gasteiger partial charge in [0, 0.05) is 5.92 Å². The number of fused-ring (bicyclic) bond motifs is 3. The van der Waals surface area contributed by atoms with Gasteiger partial charge in [0.05, 0.1) is 0 Å². The molecule has 116 valence electrons. The average molecular weight is 292 g/mol. The Hall–Kier alpha value is -1.56. The van der Waals surface area contributed by atoms with E-state index in [1.165, 1.54) is 43.2 Å². The van der Waals surface area contributed by atoms with Crippen molar-refractivity contribution in [2.45, 2.75) is 58.8 Å². The first-order valence-corrected chi connectivity index (χ1v) is 8.80. The van der Waals surface area contributed by atoms with Crippen LogP contribution in [0.2, 0.25) is 0 Å². The molecule has 0 radical (unpaired) electrons. The lowest BCUT2D eigenvalue weighted by atomic mass is 9.83. The number of unbranched alkanes of at least 4 members (excludes halogenated alkanes) is 1. The fourth-order valence-corrected chi connectivity index (χ4v) is 3.70. The van der Waals surface area contributed by atoms with Crippen LogP contribution in [0.15, 0.2) is 48.5 Å². The van der Waals surface area contributed by atoms with E-state index in [0.29, 0.717) is 11.3 Å². The maximum absolute atomic E-state index is 2.40. The highest BCUT2D eigenvalue weighted by Crippen LogP contribution is 2.46. The molecule has 2 aromatic carbocycles. The molecule has 0 atom stereocenters. The van der Waals surface area contributed by atoms with Gasteiger partial charge in [-0.05, 0) is 40.5 Å². The summed E-state index contributed by atoms with van der Waals surface area (Å²) in [5.74, 6) is 0.608. The van der Waals surface area contributed by atoms with Crippen molar-refractivity contribution in [3.63, 3.8) is 0 Å². The van der Waals surface area contributed by atoms with E-state index in [4.69, 9.17) is 0 Å². The van der Waals surface area contributed by atoms with Gasteiger partial charge in [0.2, 0.25) is 0 Å². The molecule has 0 N–H and O–H groups in total. The van der Waals surface area contributed by atoms with E-state index in [9.17, 15) is 0 Å². The van der Waals surface area contributed by atoms with E-state index in [-0.39, 0.29) is 0 Å². The van der Waals surface area contributed by atoms with Crippen molar-refractivity contribution < 1.29 is 0 Å². The van der Waals surface area contributed by atoms with Gasteiger partial charge < -0.3 is 0 Å². The van der Waals surface area contributed by atoms with E-state index in [1.807, 2.05) is 0 Å².